The SMILES string of the molecule is COc1ccccc1N1CCN(C(=O)CCCCCn2c(=S)[nH]c3ccccc3c2=O)CC1. The van der Waals surface area contributed by atoms with Crippen molar-refractivity contribution in [2.75, 3.05) is 38.2 Å². The van der Waals surface area contributed by atoms with Crippen LogP contribution in [0.25, 0.3) is 10.9 Å². The van der Waals surface area contributed by atoms with E-state index >= 15 is 0 Å². The third kappa shape index (κ3) is 5.27. The number of aromatic amines is 1. The molecule has 1 aliphatic rings. The van der Waals surface area contributed by atoms with E-state index < -0.39 is 0 Å². The van der Waals surface area contributed by atoms with Gasteiger partial charge in [-0.15, -0.1) is 0 Å². The molecule has 2 aromatic carbocycles. The summed E-state index contributed by atoms with van der Waals surface area (Å²) in [6.07, 6.45) is 3.03. The second-order valence-electron chi connectivity index (χ2n) is 8.28. The van der Waals surface area contributed by atoms with E-state index in [2.05, 4.69) is 16.0 Å². The fourth-order valence-electron chi connectivity index (χ4n) is 4.37. The van der Waals surface area contributed by atoms with E-state index in [-0.39, 0.29) is 11.5 Å². The van der Waals surface area contributed by atoms with Crippen LogP contribution in [0.5, 0.6) is 5.75 Å². The molecule has 174 valence electrons. The van der Waals surface area contributed by atoms with Gasteiger partial charge in [-0.2, -0.15) is 0 Å². The van der Waals surface area contributed by atoms with Gasteiger partial charge in [0.05, 0.1) is 23.7 Å². The smallest absolute Gasteiger partial charge is 0.262 e. The Morgan fingerprint density at radius 2 is 1.73 bits per heavy atom. The van der Waals surface area contributed by atoms with E-state index in [0.717, 1.165) is 62.4 Å². The maximum atomic E-state index is 12.7. The van der Waals surface area contributed by atoms with Crippen LogP contribution in [0, 0.1) is 4.77 Å². The first kappa shape index (κ1) is 23.0. The number of methoxy groups -OCH3 is 1. The third-order valence-corrected chi connectivity index (χ3v) is 6.54. The summed E-state index contributed by atoms with van der Waals surface area (Å²) < 4.78 is 7.53. The molecule has 1 aromatic heterocycles. The van der Waals surface area contributed by atoms with Crippen LogP contribution in [-0.4, -0.2) is 53.6 Å². The lowest BCUT2D eigenvalue weighted by atomic mass is 10.1. The molecule has 8 heteroatoms. The largest absolute Gasteiger partial charge is 0.495 e. The normalized spacial score (nSPS) is 14.0. The zero-order chi connectivity index (χ0) is 23.2. The highest BCUT2D eigenvalue weighted by Crippen LogP contribution is 2.28. The number of carbonyl (C=O) groups excluding carboxylic acids is 1. The van der Waals surface area contributed by atoms with Crippen LogP contribution >= 0.6 is 12.2 Å². The summed E-state index contributed by atoms with van der Waals surface area (Å²) in [6, 6.07) is 15.4. The molecule has 1 fully saturated rings. The number of nitrogens with one attached hydrogen (secondary N) is 1. The Balaban J connectivity index is 1.22. The number of hydrogen-bond acceptors (Lipinski definition) is 5. The lowest BCUT2D eigenvalue weighted by Crippen LogP contribution is -2.48. The first-order valence-electron chi connectivity index (χ1n) is 11.5. The van der Waals surface area contributed by atoms with Crippen LogP contribution in [0.15, 0.2) is 53.3 Å². The molecule has 2 heterocycles. The topological polar surface area (TPSA) is 70.6 Å². The molecule has 33 heavy (non-hydrogen) atoms. The van der Waals surface area contributed by atoms with Gasteiger partial charge in [0.1, 0.15) is 5.75 Å². The van der Waals surface area contributed by atoms with E-state index in [1.807, 2.05) is 47.4 Å². The quantitative estimate of drug-likeness (QED) is 0.402. The van der Waals surface area contributed by atoms with Crippen molar-refractivity contribution >= 4 is 34.7 Å². The molecule has 1 saturated heterocycles. The number of para-hydroxylation sites is 3. The van der Waals surface area contributed by atoms with E-state index in [9.17, 15) is 9.59 Å². The average Bonchev–Trinajstić information content (AvgIpc) is 2.85. The van der Waals surface area contributed by atoms with Crippen LogP contribution in [0.3, 0.4) is 0 Å². The van der Waals surface area contributed by atoms with Crippen LogP contribution in [0.4, 0.5) is 5.69 Å². The van der Waals surface area contributed by atoms with E-state index in [0.29, 0.717) is 23.1 Å². The van der Waals surface area contributed by atoms with Crippen LogP contribution < -0.4 is 15.2 Å². The number of fused-ring (bicyclic) bond motifs is 1. The van der Waals surface area contributed by atoms with Crippen LogP contribution in [-0.2, 0) is 11.3 Å². The highest BCUT2D eigenvalue weighted by Gasteiger charge is 2.22. The number of amides is 1. The van der Waals surface area contributed by atoms with Gasteiger partial charge >= 0.3 is 0 Å². The Morgan fingerprint density at radius 1 is 1.00 bits per heavy atom. The number of H-pyrrole nitrogens is 1. The van der Waals surface area contributed by atoms with Crippen molar-refractivity contribution in [2.24, 2.45) is 0 Å². The highest BCUT2D eigenvalue weighted by molar-refractivity contribution is 7.71. The number of anilines is 1. The molecule has 4 rings (SSSR count). The Labute approximate surface area is 198 Å². The Bertz CT molecular complexity index is 1230. The van der Waals surface area contributed by atoms with Crippen LogP contribution in [0.2, 0.25) is 0 Å². The molecule has 0 spiro atoms. The van der Waals surface area contributed by atoms with Gasteiger partial charge < -0.3 is 19.5 Å². The molecule has 1 aliphatic heterocycles. The maximum Gasteiger partial charge on any atom is 0.262 e. The Kier molecular flexibility index (Phi) is 7.44. The van der Waals surface area contributed by atoms with Gasteiger partial charge in [-0.25, -0.2) is 0 Å². The number of carbonyl (C=O) groups is 1. The van der Waals surface area contributed by atoms with E-state index in [1.165, 1.54) is 0 Å². The van der Waals surface area contributed by atoms with Gasteiger partial charge in [0.2, 0.25) is 5.91 Å². The Morgan fingerprint density at radius 3 is 2.52 bits per heavy atom. The van der Waals surface area contributed by atoms with E-state index in [4.69, 9.17) is 17.0 Å². The van der Waals surface area contributed by atoms with Gasteiger partial charge in [-0.05, 0) is 49.3 Å². The maximum absolute atomic E-state index is 12.7. The molecule has 3 aromatic rings. The molecule has 0 atom stereocenters. The predicted molar refractivity (Wildman–Crippen MR) is 134 cm³/mol. The number of rotatable bonds is 8. The summed E-state index contributed by atoms with van der Waals surface area (Å²) >= 11 is 5.37. The highest BCUT2D eigenvalue weighted by atomic mass is 32.1. The molecule has 0 bridgehead atoms. The summed E-state index contributed by atoms with van der Waals surface area (Å²) in [5.41, 5.74) is 1.79. The lowest BCUT2D eigenvalue weighted by molar-refractivity contribution is -0.131. The van der Waals surface area contributed by atoms with Gasteiger partial charge in [-0.3, -0.25) is 14.2 Å². The van der Waals surface area contributed by atoms with Crippen molar-refractivity contribution in [1.29, 1.82) is 0 Å². The van der Waals surface area contributed by atoms with Gasteiger partial charge in [0, 0.05) is 39.1 Å². The van der Waals surface area contributed by atoms with Crippen molar-refractivity contribution in [1.82, 2.24) is 14.5 Å². The molecule has 7 nitrogen and oxygen atoms in total. The zero-order valence-electron chi connectivity index (χ0n) is 19.0. The number of nitrogens with zero attached hydrogens (tertiary/aromatic N) is 3. The van der Waals surface area contributed by atoms with Gasteiger partial charge in [0.25, 0.3) is 5.56 Å². The van der Waals surface area contributed by atoms with E-state index in [1.54, 1.807) is 11.7 Å². The summed E-state index contributed by atoms with van der Waals surface area (Å²) in [5.74, 6) is 1.07. The summed E-state index contributed by atoms with van der Waals surface area (Å²) in [7, 11) is 1.68. The minimum absolute atomic E-state index is 0.0571. The average molecular weight is 467 g/mol. The fourth-order valence-corrected chi connectivity index (χ4v) is 4.65. The summed E-state index contributed by atoms with van der Waals surface area (Å²) in [5, 5.41) is 0.647. The van der Waals surface area contributed by atoms with Crippen molar-refractivity contribution in [3.8, 4) is 5.75 Å². The zero-order valence-corrected chi connectivity index (χ0v) is 19.8. The van der Waals surface area contributed by atoms with Gasteiger partial charge in [-0.1, -0.05) is 30.7 Å². The first-order chi connectivity index (χ1) is 16.1. The standard InChI is InChI=1S/C25H30N4O3S/c1-32-22-12-7-6-11-21(22)27-15-17-28(18-16-27)23(30)13-3-2-8-14-29-24(31)19-9-4-5-10-20(19)26-25(29)33/h4-7,9-12H,2-3,8,13-18H2,1H3,(H,26,33). The van der Waals surface area contributed by atoms with Crippen LogP contribution in [0.1, 0.15) is 25.7 Å². The number of benzene rings is 2. The molecule has 0 saturated carbocycles. The van der Waals surface area contributed by atoms with Crippen molar-refractivity contribution < 1.29 is 9.53 Å². The number of piperazine rings is 1. The predicted octanol–water partition coefficient (Wildman–Crippen LogP) is 3.98. The number of ether oxygens (including phenoxy) is 1. The molecule has 1 amide bonds. The minimum Gasteiger partial charge on any atom is -0.495 e. The third-order valence-electron chi connectivity index (χ3n) is 6.22. The van der Waals surface area contributed by atoms with Crippen molar-refractivity contribution in [2.45, 2.75) is 32.2 Å². The minimum atomic E-state index is -0.0571. The molecular formula is C25H30N4O3S. The summed E-state index contributed by atoms with van der Waals surface area (Å²) in [4.78, 5) is 32.7. The number of unbranched alkanes of at least 4 members (excludes halogenated alkanes) is 2. The number of aromatic nitrogens is 2. The molecule has 1 N–H and O–H groups in total. The monoisotopic (exact) mass is 466 g/mol. The lowest BCUT2D eigenvalue weighted by Gasteiger charge is -2.36. The summed E-state index contributed by atoms with van der Waals surface area (Å²) in [6.45, 7) is 3.60. The van der Waals surface area contributed by atoms with Gasteiger partial charge in [0.15, 0.2) is 4.77 Å². The molecule has 0 unspecified atom stereocenters. The second kappa shape index (κ2) is 10.7. The van der Waals surface area contributed by atoms with Crippen molar-refractivity contribution in [3.05, 3.63) is 63.7 Å². The second-order valence-corrected chi connectivity index (χ2v) is 8.67. The first-order valence-corrected chi connectivity index (χ1v) is 11.9. The van der Waals surface area contributed by atoms with Crippen molar-refractivity contribution in [3.63, 3.8) is 0 Å². The molecule has 0 aliphatic carbocycles. The number of hydrogen-bond donors (Lipinski definition) is 1. The molecular weight excluding hydrogens is 436 g/mol. The molecule has 0 radical (unpaired) electrons. The fraction of sp³-hybridized carbons (Fsp3) is 0.400. The Hall–Kier alpha value is -3.13.